The van der Waals surface area contributed by atoms with Crippen molar-refractivity contribution in [3.05, 3.63) is 55.4 Å². The van der Waals surface area contributed by atoms with Crippen LogP contribution >= 0.6 is 11.3 Å². The Morgan fingerprint density at radius 2 is 2.00 bits per heavy atom. The van der Waals surface area contributed by atoms with Crippen LogP contribution < -0.4 is 15.4 Å². The number of aromatic amines is 1. The number of hydrogen-bond acceptors (Lipinski definition) is 6. The molecule has 0 aliphatic carbocycles. The van der Waals surface area contributed by atoms with E-state index in [4.69, 9.17) is 9.15 Å². The van der Waals surface area contributed by atoms with Crippen molar-refractivity contribution in [2.45, 2.75) is 6.18 Å². The van der Waals surface area contributed by atoms with Gasteiger partial charge in [0.05, 0.1) is 17.5 Å². The fourth-order valence-electron chi connectivity index (χ4n) is 2.11. The molecule has 10 heteroatoms. The van der Waals surface area contributed by atoms with Gasteiger partial charge in [-0.3, -0.25) is 0 Å². The molecule has 3 rings (SSSR count). The maximum absolute atomic E-state index is 12.7. The summed E-state index contributed by atoms with van der Waals surface area (Å²) in [6, 6.07) is 3.89. The standard InChI is InChI=1S/C15H9F3N2O4S/c1-23-9-4-7(5-10-12(9)24-14(22)25-10)2-3-8-6-11(15(16,17)18)20-13(21)19-8/h2-6H,1H3,(H,19,20,21). The van der Waals surface area contributed by atoms with Crippen LogP contribution in [0.5, 0.6) is 5.75 Å². The van der Waals surface area contributed by atoms with Crippen LogP contribution in [0.25, 0.3) is 22.4 Å². The summed E-state index contributed by atoms with van der Waals surface area (Å²) < 4.78 is 48.8. The predicted molar refractivity (Wildman–Crippen MR) is 85.7 cm³/mol. The number of fused-ring (bicyclic) bond motifs is 1. The summed E-state index contributed by atoms with van der Waals surface area (Å²) >= 11 is 0.870. The highest BCUT2D eigenvalue weighted by Crippen LogP contribution is 2.30. The van der Waals surface area contributed by atoms with Crippen molar-refractivity contribution in [1.29, 1.82) is 0 Å². The maximum atomic E-state index is 12.7. The minimum atomic E-state index is -4.68. The van der Waals surface area contributed by atoms with Crippen molar-refractivity contribution in [2.24, 2.45) is 0 Å². The fourth-order valence-corrected chi connectivity index (χ4v) is 2.85. The summed E-state index contributed by atoms with van der Waals surface area (Å²) in [6.07, 6.45) is -1.97. The third-order valence-corrected chi connectivity index (χ3v) is 3.93. The smallest absolute Gasteiger partial charge is 0.431 e. The average Bonchev–Trinajstić information content (AvgIpc) is 2.91. The molecule has 1 N–H and O–H groups in total. The van der Waals surface area contributed by atoms with Crippen molar-refractivity contribution in [3.8, 4) is 5.75 Å². The molecular weight excluding hydrogens is 361 g/mol. The van der Waals surface area contributed by atoms with Crippen LogP contribution in [0.1, 0.15) is 17.0 Å². The quantitative estimate of drug-likeness (QED) is 0.766. The van der Waals surface area contributed by atoms with Gasteiger partial charge in [0.15, 0.2) is 11.3 Å². The van der Waals surface area contributed by atoms with E-state index in [0.29, 0.717) is 21.6 Å². The molecule has 2 aromatic heterocycles. The molecule has 0 atom stereocenters. The van der Waals surface area contributed by atoms with Gasteiger partial charge in [-0.15, -0.1) is 0 Å². The summed E-state index contributed by atoms with van der Waals surface area (Å²) in [5, 5.41) is 0. The van der Waals surface area contributed by atoms with E-state index in [9.17, 15) is 22.8 Å². The summed E-state index contributed by atoms with van der Waals surface area (Å²) in [5.41, 5.74) is -1.61. The fraction of sp³-hybridized carbons (Fsp3) is 0.133. The normalized spacial score (nSPS) is 12.2. The van der Waals surface area contributed by atoms with Crippen molar-refractivity contribution in [1.82, 2.24) is 9.97 Å². The van der Waals surface area contributed by atoms with E-state index in [1.165, 1.54) is 19.3 Å². The number of halogens is 3. The number of nitrogens with one attached hydrogen (secondary N) is 1. The van der Waals surface area contributed by atoms with E-state index in [1.54, 1.807) is 17.1 Å². The Bertz CT molecular complexity index is 1080. The number of benzene rings is 1. The average molecular weight is 370 g/mol. The highest BCUT2D eigenvalue weighted by molar-refractivity contribution is 7.16. The summed E-state index contributed by atoms with van der Waals surface area (Å²) in [7, 11) is 1.40. The molecule has 0 aliphatic rings. The van der Waals surface area contributed by atoms with Crippen LogP contribution in [-0.4, -0.2) is 17.1 Å². The molecule has 0 saturated heterocycles. The van der Waals surface area contributed by atoms with Crippen LogP contribution in [0.4, 0.5) is 13.2 Å². The molecule has 6 nitrogen and oxygen atoms in total. The molecule has 0 spiro atoms. The third-order valence-electron chi connectivity index (χ3n) is 3.16. The van der Waals surface area contributed by atoms with Gasteiger partial charge < -0.3 is 14.1 Å². The van der Waals surface area contributed by atoms with E-state index in [2.05, 4.69) is 4.98 Å². The van der Waals surface area contributed by atoms with Crippen LogP contribution in [0.2, 0.25) is 0 Å². The molecule has 0 aliphatic heterocycles. The van der Waals surface area contributed by atoms with Gasteiger partial charge in [-0.1, -0.05) is 17.4 Å². The second-order valence-electron chi connectivity index (χ2n) is 4.86. The van der Waals surface area contributed by atoms with Gasteiger partial charge >= 0.3 is 16.8 Å². The molecule has 2 heterocycles. The topological polar surface area (TPSA) is 85.2 Å². The molecule has 3 aromatic rings. The Balaban J connectivity index is 2.02. The van der Waals surface area contributed by atoms with Crippen molar-refractivity contribution < 1.29 is 22.3 Å². The van der Waals surface area contributed by atoms with Gasteiger partial charge in [0, 0.05) is 0 Å². The van der Waals surface area contributed by atoms with Crippen LogP contribution in [0, 0.1) is 0 Å². The number of alkyl halides is 3. The zero-order valence-corrected chi connectivity index (χ0v) is 13.3. The molecule has 0 unspecified atom stereocenters. The minimum absolute atomic E-state index is 0.157. The number of aromatic nitrogens is 2. The zero-order chi connectivity index (χ0) is 18.2. The minimum Gasteiger partial charge on any atom is -0.493 e. The lowest BCUT2D eigenvalue weighted by atomic mass is 10.1. The lowest BCUT2D eigenvalue weighted by Crippen LogP contribution is -2.19. The molecule has 130 valence electrons. The zero-order valence-electron chi connectivity index (χ0n) is 12.5. The van der Waals surface area contributed by atoms with E-state index in [1.807, 2.05) is 0 Å². The van der Waals surface area contributed by atoms with Gasteiger partial charge in [0.25, 0.3) is 0 Å². The SMILES string of the molecule is COc1cc(C=Cc2cc(C(F)(F)F)[nH]c(=O)n2)cc2sc(=O)oc12. The largest absolute Gasteiger partial charge is 0.493 e. The summed E-state index contributed by atoms with van der Waals surface area (Å²) in [5.74, 6) is 0.311. The summed E-state index contributed by atoms with van der Waals surface area (Å²) in [4.78, 5) is 27.2. The predicted octanol–water partition coefficient (Wildman–Crippen LogP) is 3.14. The summed E-state index contributed by atoms with van der Waals surface area (Å²) in [6.45, 7) is 0. The van der Waals surface area contributed by atoms with E-state index < -0.39 is 22.5 Å². The maximum Gasteiger partial charge on any atom is 0.431 e. The number of ether oxygens (including phenoxy) is 1. The van der Waals surface area contributed by atoms with Crippen molar-refractivity contribution in [2.75, 3.05) is 7.11 Å². The Morgan fingerprint density at radius 3 is 2.68 bits per heavy atom. The second-order valence-corrected chi connectivity index (χ2v) is 5.84. The molecule has 1 aromatic carbocycles. The third kappa shape index (κ3) is 3.63. The number of rotatable bonds is 3. The first-order chi connectivity index (χ1) is 11.8. The lowest BCUT2D eigenvalue weighted by Gasteiger charge is -2.06. The molecule has 0 saturated carbocycles. The Hall–Kier alpha value is -2.88. The molecule has 0 bridgehead atoms. The van der Waals surface area contributed by atoms with E-state index in [-0.39, 0.29) is 5.69 Å². The Labute approximate surface area is 141 Å². The number of methoxy groups -OCH3 is 1. The van der Waals surface area contributed by atoms with Crippen LogP contribution in [0.15, 0.2) is 32.2 Å². The van der Waals surface area contributed by atoms with Crippen molar-refractivity contribution in [3.63, 3.8) is 0 Å². The molecule has 25 heavy (non-hydrogen) atoms. The number of hydrogen-bond donors (Lipinski definition) is 1. The molecular formula is C15H9F3N2O4S. The Kier molecular flexibility index (Phi) is 4.21. The molecule has 0 amide bonds. The van der Waals surface area contributed by atoms with Crippen LogP contribution in [0.3, 0.4) is 0 Å². The first-order valence-corrected chi connectivity index (χ1v) is 7.56. The van der Waals surface area contributed by atoms with Gasteiger partial charge in [0.2, 0.25) is 0 Å². The lowest BCUT2D eigenvalue weighted by molar-refractivity contribution is -0.141. The highest BCUT2D eigenvalue weighted by Gasteiger charge is 2.32. The van der Waals surface area contributed by atoms with Gasteiger partial charge in [0.1, 0.15) is 5.69 Å². The monoisotopic (exact) mass is 370 g/mol. The second kappa shape index (κ2) is 6.20. The van der Waals surface area contributed by atoms with Gasteiger partial charge in [-0.25, -0.2) is 9.59 Å². The molecule has 0 radical (unpaired) electrons. The first-order valence-electron chi connectivity index (χ1n) is 6.74. The van der Waals surface area contributed by atoms with Crippen LogP contribution in [-0.2, 0) is 6.18 Å². The number of nitrogens with zero attached hydrogens (tertiary/aromatic N) is 1. The molecule has 0 fully saturated rings. The van der Waals surface area contributed by atoms with E-state index in [0.717, 1.165) is 17.4 Å². The van der Waals surface area contributed by atoms with Gasteiger partial charge in [-0.2, -0.15) is 18.2 Å². The van der Waals surface area contributed by atoms with Crippen molar-refractivity contribution >= 4 is 33.8 Å². The van der Waals surface area contributed by atoms with Gasteiger partial charge in [-0.05, 0) is 29.8 Å². The number of H-pyrrole nitrogens is 1. The first kappa shape index (κ1) is 17.0. The Morgan fingerprint density at radius 1 is 1.24 bits per heavy atom. The van der Waals surface area contributed by atoms with E-state index >= 15 is 0 Å². The highest BCUT2D eigenvalue weighted by atomic mass is 32.1.